The fourth-order valence-electron chi connectivity index (χ4n) is 2.48. The first-order valence-electron chi connectivity index (χ1n) is 7.54. The minimum Gasteiger partial charge on any atom is -0.355 e. The van der Waals surface area contributed by atoms with Crippen LogP contribution in [0, 0.1) is 6.92 Å². The number of amides is 2. The van der Waals surface area contributed by atoms with Gasteiger partial charge < -0.3 is 4.52 Å². The Morgan fingerprint density at radius 3 is 2.72 bits per heavy atom. The quantitative estimate of drug-likeness (QED) is 0.395. The predicted octanol–water partition coefficient (Wildman–Crippen LogP) is 2.46. The molecule has 1 saturated heterocycles. The van der Waals surface area contributed by atoms with Crippen LogP contribution in [-0.2, 0) is 9.59 Å². The van der Waals surface area contributed by atoms with Crippen LogP contribution < -0.4 is 5.32 Å². The van der Waals surface area contributed by atoms with E-state index in [4.69, 9.17) is 16.7 Å². The van der Waals surface area contributed by atoms with E-state index in [9.17, 15) is 9.59 Å². The van der Waals surface area contributed by atoms with Gasteiger partial charge in [-0.1, -0.05) is 41.6 Å². The third-order valence-electron chi connectivity index (χ3n) is 3.73. The minimum atomic E-state index is -0.546. The number of nitrogens with zero attached hydrogens (tertiary/aromatic N) is 2. The molecule has 0 unspecified atom stereocenters. The number of hydrogen-bond acceptors (Lipinski definition) is 5. The van der Waals surface area contributed by atoms with E-state index in [0.717, 1.165) is 5.56 Å². The first-order chi connectivity index (χ1) is 12.0. The molecule has 0 aliphatic carbocycles. The van der Waals surface area contributed by atoms with Crippen molar-refractivity contribution in [2.75, 3.05) is 6.54 Å². The van der Waals surface area contributed by atoms with Crippen molar-refractivity contribution in [3.8, 4) is 11.3 Å². The van der Waals surface area contributed by atoms with Crippen molar-refractivity contribution in [2.45, 2.75) is 6.92 Å². The van der Waals surface area contributed by atoms with Gasteiger partial charge in [0, 0.05) is 17.7 Å². The monoisotopic (exact) mass is 353 g/mol. The lowest BCUT2D eigenvalue weighted by Crippen LogP contribution is -2.53. The highest BCUT2D eigenvalue weighted by Crippen LogP contribution is 2.28. The molecule has 0 spiro atoms. The summed E-state index contributed by atoms with van der Waals surface area (Å²) in [5.74, 6) is -0.530. The van der Waals surface area contributed by atoms with E-state index < -0.39 is 11.8 Å². The molecule has 1 aliphatic rings. The lowest BCUT2D eigenvalue weighted by atomic mass is 10.0. The van der Waals surface area contributed by atoms with E-state index in [2.05, 4.69) is 17.1 Å². The van der Waals surface area contributed by atoms with E-state index in [1.807, 2.05) is 30.3 Å². The summed E-state index contributed by atoms with van der Waals surface area (Å²) >= 11 is 5.04. The topological polar surface area (TPSA) is 75.4 Å². The van der Waals surface area contributed by atoms with Gasteiger partial charge in [0.15, 0.2) is 10.9 Å². The third kappa shape index (κ3) is 3.14. The Kier molecular flexibility index (Phi) is 4.58. The van der Waals surface area contributed by atoms with Gasteiger partial charge in [0.1, 0.15) is 5.57 Å². The Morgan fingerprint density at radius 2 is 2.04 bits per heavy atom. The maximum absolute atomic E-state index is 12.6. The second-order valence-corrected chi connectivity index (χ2v) is 5.79. The average Bonchev–Trinajstić information content (AvgIpc) is 2.97. The molecule has 7 heteroatoms. The van der Waals surface area contributed by atoms with Crippen LogP contribution in [0.4, 0.5) is 0 Å². The molecule has 3 rings (SSSR count). The van der Waals surface area contributed by atoms with Crippen LogP contribution in [0.2, 0.25) is 0 Å². The number of carbonyl (C=O) groups excluding carboxylic acids is 2. The van der Waals surface area contributed by atoms with E-state index in [1.54, 1.807) is 13.0 Å². The highest BCUT2D eigenvalue weighted by Gasteiger charge is 2.33. The molecule has 0 atom stereocenters. The van der Waals surface area contributed by atoms with Gasteiger partial charge in [-0.15, -0.1) is 6.58 Å². The Bertz CT molecular complexity index is 900. The van der Waals surface area contributed by atoms with Crippen molar-refractivity contribution in [3.05, 3.63) is 59.8 Å². The fraction of sp³-hybridized carbons (Fsp3) is 0.111. The maximum Gasteiger partial charge on any atom is 0.265 e. The van der Waals surface area contributed by atoms with Crippen LogP contribution in [0.3, 0.4) is 0 Å². The van der Waals surface area contributed by atoms with Crippen molar-refractivity contribution >= 4 is 35.2 Å². The van der Waals surface area contributed by atoms with Crippen LogP contribution >= 0.6 is 12.2 Å². The van der Waals surface area contributed by atoms with Crippen molar-refractivity contribution in [1.29, 1.82) is 0 Å². The van der Waals surface area contributed by atoms with E-state index in [0.29, 0.717) is 17.0 Å². The fourth-order valence-corrected chi connectivity index (χ4v) is 2.73. The second-order valence-electron chi connectivity index (χ2n) is 5.40. The maximum atomic E-state index is 12.6. The van der Waals surface area contributed by atoms with Gasteiger partial charge in [0.25, 0.3) is 11.8 Å². The van der Waals surface area contributed by atoms with Gasteiger partial charge in [-0.3, -0.25) is 19.8 Å². The predicted molar refractivity (Wildman–Crippen MR) is 97.3 cm³/mol. The van der Waals surface area contributed by atoms with E-state index in [-0.39, 0.29) is 17.2 Å². The molecule has 0 bridgehead atoms. The Balaban J connectivity index is 2.07. The molecule has 6 nitrogen and oxygen atoms in total. The summed E-state index contributed by atoms with van der Waals surface area (Å²) in [6.07, 6.45) is 3.03. The van der Waals surface area contributed by atoms with Gasteiger partial charge in [0.05, 0.1) is 5.69 Å². The van der Waals surface area contributed by atoms with Crippen LogP contribution in [0.15, 0.2) is 53.1 Å². The molecule has 2 heterocycles. The van der Waals surface area contributed by atoms with Gasteiger partial charge >= 0.3 is 0 Å². The van der Waals surface area contributed by atoms with Gasteiger partial charge in [-0.25, -0.2) is 0 Å². The van der Waals surface area contributed by atoms with Gasteiger partial charge in [-0.2, -0.15) is 0 Å². The second kappa shape index (κ2) is 6.82. The smallest absolute Gasteiger partial charge is 0.265 e. The molecular weight excluding hydrogens is 338 g/mol. The third-order valence-corrected chi connectivity index (χ3v) is 4.05. The molecule has 1 N–H and O–H groups in total. The zero-order valence-corrected chi connectivity index (χ0v) is 14.3. The molecule has 25 heavy (non-hydrogen) atoms. The number of aryl methyl sites for hydroxylation is 1. The number of aromatic nitrogens is 1. The molecule has 1 aromatic heterocycles. The standard InChI is InChI=1S/C18H15N3O3S/c1-3-9-21-17(23)14(16(22)19-18(21)25)10-13-11(2)20-24-15(13)12-7-5-4-6-8-12/h3-8,10H,1,9H2,2H3,(H,19,22,25)/b14-10-. The number of carbonyl (C=O) groups is 2. The SMILES string of the molecule is C=CCN1C(=O)/C(=C\c2c(C)noc2-c2ccccc2)C(=O)NC1=S. The normalized spacial score (nSPS) is 16.3. The van der Waals surface area contributed by atoms with Crippen molar-refractivity contribution < 1.29 is 14.1 Å². The van der Waals surface area contributed by atoms with Crippen molar-refractivity contribution in [1.82, 2.24) is 15.4 Å². The van der Waals surface area contributed by atoms with Crippen molar-refractivity contribution in [2.24, 2.45) is 0 Å². The number of thiocarbonyl (C=S) groups is 1. The summed E-state index contributed by atoms with van der Waals surface area (Å²) in [6.45, 7) is 5.56. The largest absolute Gasteiger partial charge is 0.355 e. The highest BCUT2D eigenvalue weighted by molar-refractivity contribution is 7.80. The molecule has 1 aromatic carbocycles. The van der Waals surface area contributed by atoms with Crippen LogP contribution in [0.5, 0.6) is 0 Å². The van der Waals surface area contributed by atoms with E-state index >= 15 is 0 Å². The molecule has 0 saturated carbocycles. The van der Waals surface area contributed by atoms with E-state index in [1.165, 1.54) is 11.0 Å². The number of hydrogen-bond donors (Lipinski definition) is 1. The number of nitrogens with one attached hydrogen (secondary N) is 1. The Labute approximate surface area is 149 Å². The average molecular weight is 353 g/mol. The summed E-state index contributed by atoms with van der Waals surface area (Å²) in [6, 6.07) is 9.35. The summed E-state index contributed by atoms with van der Waals surface area (Å²) in [5.41, 5.74) is 1.93. The summed E-state index contributed by atoms with van der Waals surface area (Å²) in [4.78, 5) is 26.2. The zero-order valence-electron chi connectivity index (χ0n) is 13.5. The molecular formula is C18H15N3O3S. The molecule has 2 amide bonds. The van der Waals surface area contributed by atoms with Crippen LogP contribution in [0.25, 0.3) is 17.4 Å². The number of benzene rings is 1. The molecule has 1 fully saturated rings. The zero-order chi connectivity index (χ0) is 18.0. The Morgan fingerprint density at radius 1 is 1.32 bits per heavy atom. The molecule has 1 aliphatic heterocycles. The molecule has 2 aromatic rings. The molecule has 126 valence electrons. The Hall–Kier alpha value is -3.06. The van der Waals surface area contributed by atoms with Crippen LogP contribution in [-0.4, -0.2) is 33.5 Å². The first-order valence-corrected chi connectivity index (χ1v) is 7.95. The summed E-state index contributed by atoms with van der Waals surface area (Å²) in [7, 11) is 0. The molecule has 0 radical (unpaired) electrons. The lowest BCUT2D eigenvalue weighted by Gasteiger charge is -2.27. The first kappa shape index (κ1) is 16.8. The minimum absolute atomic E-state index is 0.0288. The van der Waals surface area contributed by atoms with Crippen LogP contribution in [0.1, 0.15) is 11.3 Å². The van der Waals surface area contributed by atoms with Gasteiger partial charge in [-0.05, 0) is 25.2 Å². The number of rotatable bonds is 4. The summed E-state index contributed by atoms with van der Waals surface area (Å²) in [5, 5.41) is 6.54. The van der Waals surface area contributed by atoms with Crippen molar-refractivity contribution in [3.63, 3.8) is 0 Å². The van der Waals surface area contributed by atoms with Gasteiger partial charge in [0.2, 0.25) is 0 Å². The summed E-state index contributed by atoms with van der Waals surface area (Å²) < 4.78 is 5.40. The highest BCUT2D eigenvalue weighted by atomic mass is 32.1. The lowest BCUT2D eigenvalue weighted by molar-refractivity contribution is -0.128.